The Bertz CT molecular complexity index is 539. The van der Waals surface area contributed by atoms with Gasteiger partial charge in [0, 0.05) is 32.1 Å². The second-order valence-corrected chi connectivity index (χ2v) is 6.53. The normalized spacial score (nSPS) is 11.3. The smallest absolute Gasteiger partial charge is 0.225 e. The highest BCUT2D eigenvalue weighted by molar-refractivity contribution is 14.0. The maximum absolute atomic E-state index is 11.8. The summed E-state index contributed by atoms with van der Waals surface area (Å²) in [7, 11) is 3.40. The van der Waals surface area contributed by atoms with Crippen LogP contribution in [0.2, 0.25) is 0 Å². The van der Waals surface area contributed by atoms with Gasteiger partial charge in [-0.25, -0.2) is 0 Å². The third kappa shape index (κ3) is 9.52. The van der Waals surface area contributed by atoms with Crippen LogP contribution in [0.15, 0.2) is 29.3 Å². The summed E-state index contributed by atoms with van der Waals surface area (Å²) < 4.78 is 5.15. The van der Waals surface area contributed by atoms with Crippen LogP contribution in [0.5, 0.6) is 5.75 Å². The molecule has 1 aromatic rings. The minimum atomic E-state index is -0.363. The van der Waals surface area contributed by atoms with Crippen molar-refractivity contribution in [2.75, 3.05) is 33.8 Å². The summed E-state index contributed by atoms with van der Waals surface area (Å²) in [4.78, 5) is 15.9. The van der Waals surface area contributed by atoms with E-state index >= 15 is 0 Å². The van der Waals surface area contributed by atoms with Gasteiger partial charge >= 0.3 is 0 Å². The van der Waals surface area contributed by atoms with E-state index in [4.69, 9.17) is 4.74 Å². The second-order valence-electron chi connectivity index (χ2n) is 6.53. The average molecular weight is 462 g/mol. The first kappa shape index (κ1) is 23.5. The van der Waals surface area contributed by atoms with Crippen LogP contribution in [0, 0.1) is 5.41 Å². The van der Waals surface area contributed by atoms with Crippen LogP contribution in [0.4, 0.5) is 0 Å². The number of amides is 1. The minimum Gasteiger partial charge on any atom is -0.497 e. The summed E-state index contributed by atoms with van der Waals surface area (Å²) in [6, 6.07) is 8.03. The van der Waals surface area contributed by atoms with E-state index in [1.165, 1.54) is 5.56 Å². The third-order valence-corrected chi connectivity index (χ3v) is 3.47. The lowest BCUT2D eigenvalue weighted by Crippen LogP contribution is -2.43. The van der Waals surface area contributed by atoms with E-state index in [2.05, 4.69) is 33.1 Å². The zero-order chi connectivity index (χ0) is 18.0. The predicted molar refractivity (Wildman–Crippen MR) is 114 cm³/mol. The van der Waals surface area contributed by atoms with Gasteiger partial charge < -0.3 is 20.7 Å². The minimum absolute atomic E-state index is 0. The predicted octanol–water partition coefficient (Wildman–Crippen LogP) is 2.18. The van der Waals surface area contributed by atoms with Crippen molar-refractivity contribution in [3.05, 3.63) is 29.8 Å². The van der Waals surface area contributed by atoms with Crippen molar-refractivity contribution in [2.45, 2.75) is 27.2 Å². The summed E-state index contributed by atoms with van der Waals surface area (Å²) in [6.45, 7) is 7.67. The molecule has 0 saturated carbocycles. The standard InChI is InChI=1S/C18H30N4O2.HI/c1-18(2,3)16(23)20-12-13-22-17(19-4)21-11-10-14-6-8-15(24-5)9-7-14;/h6-9H,10-13H2,1-5H3,(H,20,23)(H2,19,21,22);1H. The Kier molecular flexibility index (Phi) is 11.2. The first-order valence-corrected chi connectivity index (χ1v) is 8.22. The second kappa shape index (κ2) is 11.9. The van der Waals surface area contributed by atoms with Crippen molar-refractivity contribution in [1.29, 1.82) is 0 Å². The fraction of sp³-hybridized carbons (Fsp3) is 0.556. The first-order chi connectivity index (χ1) is 11.4. The van der Waals surface area contributed by atoms with Gasteiger partial charge in [0.15, 0.2) is 5.96 Å². The summed E-state index contributed by atoms with van der Waals surface area (Å²) in [5.41, 5.74) is 0.870. The molecule has 0 spiro atoms. The van der Waals surface area contributed by atoms with Crippen LogP contribution >= 0.6 is 24.0 Å². The molecule has 0 radical (unpaired) electrons. The fourth-order valence-electron chi connectivity index (χ4n) is 1.96. The van der Waals surface area contributed by atoms with Crippen molar-refractivity contribution in [3.8, 4) is 5.75 Å². The van der Waals surface area contributed by atoms with Crippen LogP contribution in [0.25, 0.3) is 0 Å². The Hall–Kier alpha value is -1.51. The van der Waals surface area contributed by atoms with E-state index in [1.54, 1.807) is 14.2 Å². The van der Waals surface area contributed by atoms with Crippen LogP contribution < -0.4 is 20.7 Å². The van der Waals surface area contributed by atoms with Gasteiger partial charge in [-0.1, -0.05) is 32.9 Å². The van der Waals surface area contributed by atoms with Gasteiger partial charge in [-0.2, -0.15) is 0 Å². The molecule has 142 valence electrons. The Morgan fingerprint density at radius 3 is 2.12 bits per heavy atom. The van der Waals surface area contributed by atoms with Crippen LogP contribution in [-0.2, 0) is 11.2 Å². The van der Waals surface area contributed by atoms with Gasteiger partial charge in [0.1, 0.15) is 5.75 Å². The summed E-state index contributed by atoms with van der Waals surface area (Å²) in [5.74, 6) is 1.64. The monoisotopic (exact) mass is 462 g/mol. The molecule has 0 saturated heterocycles. The van der Waals surface area contributed by atoms with Gasteiger partial charge in [0.2, 0.25) is 5.91 Å². The van der Waals surface area contributed by atoms with E-state index in [0.29, 0.717) is 13.1 Å². The lowest BCUT2D eigenvalue weighted by molar-refractivity contribution is -0.128. The zero-order valence-corrected chi connectivity index (χ0v) is 18.1. The van der Waals surface area contributed by atoms with E-state index < -0.39 is 0 Å². The molecule has 1 aromatic carbocycles. The van der Waals surface area contributed by atoms with Crippen LogP contribution in [-0.4, -0.2) is 45.7 Å². The van der Waals surface area contributed by atoms with Gasteiger partial charge in [-0.3, -0.25) is 9.79 Å². The Balaban J connectivity index is 0.00000576. The number of ether oxygens (including phenoxy) is 1. The summed E-state index contributed by atoms with van der Waals surface area (Å²) >= 11 is 0. The molecular weight excluding hydrogens is 431 g/mol. The molecule has 1 amide bonds. The van der Waals surface area contributed by atoms with Crippen molar-refractivity contribution in [3.63, 3.8) is 0 Å². The molecule has 7 heteroatoms. The number of guanidine groups is 1. The number of aliphatic imine (C=N–C) groups is 1. The number of hydrogen-bond donors (Lipinski definition) is 3. The van der Waals surface area contributed by atoms with E-state index in [1.807, 2.05) is 32.9 Å². The largest absolute Gasteiger partial charge is 0.497 e. The summed E-state index contributed by atoms with van der Waals surface area (Å²) in [6.07, 6.45) is 0.894. The number of nitrogens with one attached hydrogen (secondary N) is 3. The Morgan fingerprint density at radius 1 is 1.04 bits per heavy atom. The lowest BCUT2D eigenvalue weighted by Gasteiger charge is -2.18. The molecule has 3 N–H and O–H groups in total. The maximum Gasteiger partial charge on any atom is 0.225 e. The number of hydrogen-bond acceptors (Lipinski definition) is 3. The fourth-order valence-corrected chi connectivity index (χ4v) is 1.96. The van der Waals surface area contributed by atoms with Crippen LogP contribution in [0.3, 0.4) is 0 Å². The first-order valence-electron chi connectivity index (χ1n) is 8.22. The molecule has 0 aliphatic rings. The van der Waals surface area contributed by atoms with Gasteiger partial charge in [0.25, 0.3) is 0 Å². The lowest BCUT2D eigenvalue weighted by atomic mass is 9.96. The number of rotatable bonds is 7. The highest BCUT2D eigenvalue weighted by Crippen LogP contribution is 2.12. The van der Waals surface area contributed by atoms with Gasteiger partial charge in [0.05, 0.1) is 7.11 Å². The molecule has 0 unspecified atom stereocenters. The molecule has 0 heterocycles. The number of benzene rings is 1. The number of carbonyl (C=O) groups is 1. The molecule has 0 fully saturated rings. The highest BCUT2D eigenvalue weighted by atomic mass is 127. The maximum atomic E-state index is 11.8. The van der Waals surface area contributed by atoms with Crippen LogP contribution in [0.1, 0.15) is 26.3 Å². The third-order valence-electron chi connectivity index (χ3n) is 3.47. The van der Waals surface area contributed by atoms with Crippen molar-refractivity contribution >= 4 is 35.8 Å². The molecule has 6 nitrogen and oxygen atoms in total. The number of nitrogens with zero attached hydrogens (tertiary/aromatic N) is 1. The SMILES string of the molecule is CN=C(NCCNC(=O)C(C)(C)C)NCCc1ccc(OC)cc1.I. The molecule has 0 atom stereocenters. The van der Waals surface area contributed by atoms with Gasteiger partial charge in [-0.15, -0.1) is 24.0 Å². The van der Waals surface area contributed by atoms with Crippen molar-refractivity contribution < 1.29 is 9.53 Å². The Morgan fingerprint density at radius 2 is 1.60 bits per heavy atom. The van der Waals surface area contributed by atoms with E-state index in [-0.39, 0.29) is 35.3 Å². The van der Waals surface area contributed by atoms with Gasteiger partial charge in [-0.05, 0) is 24.1 Å². The molecule has 0 aliphatic carbocycles. The topological polar surface area (TPSA) is 74.8 Å². The zero-order valence-electron chi connectivity index (χ0n) is 15.8. The molecule has 25 heavy (non-hydrogen) atoms. The molecule has 0 aromatic heterocycles. The molecule has 0 bridgehead atoms. The number of halogens is 1. The molecule has 0 aliphatic heterocycles. The Labute approximate surface area is 168 Å². The van der Waals surface area contributed by atoms with Crippen molar-refractivity contribution in [1.82, 2.24) is 16.0 Å². The van der Waals surface area contributed by atoms with E-state index in [9.17, 15) is 4.79 Å². The summed E-state index contributed by atoms with van der Waals surface area (Å²) in [5, 5.41) is 9.34. The van der Waals surface area contributed by atoms with E-state index in [0.717, 1.165) is 24.7 Å². The molecular formula is C18H31IN4O2. The quantitative estimate of drug-likeness (QED) is 0.251. The number of carbonyl (C=O) groups excluding carboxylic acids is 1. The molecule has 1 rings (SSSR count). The average Bonchev–Trinajstić information content (AvgIpc) is 2.56. The number of methoxy groups -OCH3 is 1. The highest BCUT2D eigenvalue weighted by Gasteiger charge is 2.20. The van der Waals surface area contributed by atoms with Crippen molar-refractivity contribution in [2.24, 2.45) is 10.4 Å².